The van der Waals surface area contributed by atoms with Crippen LogP contribution in [0.2, 0.25) is 0 Å². The van der Waals surface area contributed by atoms with Crippen LogP contribution < -0.4 is 0 Å². The molecular weight excluding hydrogens is 340 g/mol. The van der Waals surface area contributed by atoms with Gasteiger partial charge in [-0.1, -0.05) is 36.3 Å². The van der Waals surface area contributed by atoms with E-state index in [4.69, 9.17) is 4.84 Å². The van der Waals surface area contributed by atoms with E-state index in [1.54, 1.807) is 0 Å². The molecule has 150 valence electrons. The van der Waals surface area contributed by atoms with Crippen molar-refractivity contribution in [1.82, 2.24) is 4.90 Å². The van der Waals surface area contributed by atoms with Crippen molar-refractivity contribution >= 4 is 6.21 Å². The first-order valence-electron chi connectivity index (χ1n) is 10.2. The summed E-state index contributed by atoms with van der Waals surface area (Å²) >= 11 is 0. The minimum Gasteiger partial charge on any atom is -0.395 e. The lowest BCUT2D eigenvalue weighted by atomic mass is 9.66. The van der Waals surface area contributed by atoms with E-state index in [9.17, 15) is 10.2 Å². The van der Waals surface area contributed by atoms with Crippen LogP contribution in [0, 0.1) is 23.7 Å². The molecule has 0 heterocycles. The molecule has 2 aliphatic carbocycles. The highest BCUT2D eigenvalue weighted by atomic mass is 16.6. The molecule has 27 heavy (non-hydrogen) atoms. The molecule has 0 radical (unpaired) electrons. The van der Waals surface area contributed by atoms with Crippen LogP contribution in [0.15, 0.2) is 29.4 Å². The molecule has 0 aliphatic heterocycles. The van der Waals surface area contributed by atoms with Gasteiger partial charge in [0.25, 0.3) is 0 Å². The lowest BCUT2D eigenvalue weighted by Gasteiger charge is -2.39. The predicted octanol–water partition coefficient (Wildman–Crippen LogP) is 2.87. The van der Waals surface area contributed by atoms with Gasteiger partial charge in [0.1, 0.15) is 6.61 Å². The standard InChI is InChI=1S/C22H34N2O3/c1-15-9-18(17-6-4-5-16(10-17)14-25)11-20-21(26)12-19(22(15)20)13-23-27-8-7-24(2)3/h4-6,10,13,15,18-22,25-26H,7-9,11-12,14H2,1-3H3/b23-13+/t15?,18-,19+,20+,21?,22+/m0/s1. The quantitative estimate of drug-likeness (QED) is 0.438. The van der Waals surface area contributed by atoms with Crippen LogP contribution in [-0.2, 0) is 11.4 Å². The maximum Gasteiger partial charge on any atom is 0.129 e. The number of aliphatic hydroxyl groups is 2. The average molecular weight is 375 g/mol. The van der Waals surface area contributed by atoms with E-state index in [2.05, 4.69) is 29.1 Å². The molecule has 0 aromatic heterocycles. The third-order valence-electron chi connectivity index (χ3n) is 6.43. The largest absolute Gasteiger partial charge is 0.395 e. The third-order valence-corrected chi connectivity index (χ3v) is 6.43. The minimum absolute atomic E-state index is 0.0805. The zero-order chi connectivity index (χ0) is 19.4. The second-order valence-electron chi connectivity index (χ2n) is 8.65. The van der Waals surface area contributed by atoms with Gasteiger partial charge < -0.3 is 20.0 Å². The first-order valence-corrected chi connectivity index (χ1v) is 10.2. The molecule has 2 N–H and O–H groups in total. The molecular formula is C22H34N2O3. The summed E-state index contributed by atoms with van der Waals surface area (Å²) in [4.78, 5) is 7.46. The van der Waals surface area contributed by atoms with Gasteiger partial charge in [0, 0.05) is 18.7 Å². The molecule has 0 spiro atoms. The Morgan fingerprint density at radius 1 is 1.26 bits per heavy atom. The summed E-state index contributed by atoms with van der Waals surface area (Å²) in [5.41, 5.74) is 2.26. The van der Waals surface area contributed by atoms with Crippen molar-refractivity contribution < 1.29 is 15.1 Å². The maximum absolute atomic E-state index is 10.7. The summed E-state index contributed by atoms with van der Waals surface area (Å²) in [6.45, 7) is 3.83. The van der Waals surface area contributed by atoms with Gasteiger partial charge in [0.05, 0.1) is 12.7 Å². The van der Waals surface area contributed by atoms with Gasteiger partial charge in [-0.25, -0.2) is 0 Å². The molecule has 3 rings (SSSR count). The van der Waals surface area contributed by atoms with Crippen molar-refractivity contribution in [2.24, 2.45) is 28.8 Å². The Morgan fingerprint density at radius 3 is 2.81 bits per heavy atom. The Labute approximate surface area is 163 Å². The number of likely N-dealkylation sites (N-methyl/N-ethyl adjacent to an activating group) is 1. The molecule has 5 heteroatoms. The van der Waals surface area contributed by atoms with Gasteiger partial charge in [-0.05, 0) is 68.2 Å². The van der Waals surface area contributed by atoms with E-state index in [1.165, 1.54) is 5.56 Å². The van der Waals surface area contributed by atoms with Crippen LogP contribution in [0.1, 0.15) is 43.2 Å². The summed E-state index contributed by atoms with van der Waals surface area (Å²) in [5.74, 6) is 2.06. The minimum atomic E-state index is -0.264. The van der Waals surface area contributed by atoms with Gasteiger partial charge in [-0.2, -0.15) is 0 Å². The van der Waals surface area contributed by atoms with E-state index in [0.29, 0.717) is 36.2 Å². The summed E-state index contributed by atoms with van der Waals surface area (Å²) in [5, 5.41) is 24.3. The zero-order valence-corrected chi connectivity index (χ0v) is 16.8. The topological polar surface area (TPSA) is 65.3 Å². The van der Waals surface area contributed by atoms with Crippen molar-refractivity contribution in [3.05, 3.63) is 35.4 Å². The fraction of sp³-hybridized carbons (Fsp3) is 0.682. The Hall–Kier alpha value is -1.43. The lowest BCUT2D eigenvalue weighted by molar-refractivity contribution is 0.0659. The lowest BCUT2D eigenvalue weighted by Crippen LogP contribution is -2.34. The molecule has 0 saturated heterocycles. The molecule has 5 nitrogen and oxygen atoms in total. The van der Waals surface area contributed by atoms with E-state index < -0.39 is 0 Å². The van der Waals surface area contributed by atoms with Gasteiger partial charge in [-0.3, -0.25) is 0 Å². The van der Waals surface area contributed by atoms with E-state index in [1.807, 2.05) is 32.4 Å². The van der Waals surface area contributed by atoms with E-state index in [-0.39, 0.29) is 12.7 Å². The third kappa shape index (κ3) is 4.89. The number of hydrogen-bond acceptors (Lipinski definition) is 5. The smallest absolute Gasteiger partial charge is 0.129 e. The second kappa shape index (κ2) is 9.18. The number of nitrogens with zero attached hydrogens (tertiary/aromatic N) is 2. The van der Waals surface area contributed by atoms with Gasteiger partial charge >= 0.3 is 0 Å². The summed E-state index contributed by atoms with van der Waals surface area (Å²) in [6, 6.07) is 8.28. The number of benzene rings is 1. The summed E-state index contributed by atoms with van der Waals surface area (Å²) in [6.07, 6.45) is 4.58. The highest BCUT2D eigenvalue weighted by Gasteiger charge is 2.48. The zero-order valence-electron chi connectivity index (χ0n) is 16.8. The average Bonchev–Trinajstić information content (AvgIpc) is 2.97. The van der Waals surface area contributed by atoms with Crippen molar-refractivity contribution in [3.8, 4) is 0 Å². The van der Waals surface area contributed by atoms with Crippen molar-refractivity contribution in [2.45, 2.75) is 44.8 Å². The van der Waals surface area contributed by atoms with Crippen LogP contribution in [0.3, 0.4) is 0 Å². The van der Waals surface area contributed by atoms with Crippen molar-refractivity contribution in [1.29, 1.82) is 0 Å². The summed E-state index contributed by atoms with van der Waals surface area (Å²) in [7, 11) is 4.03. The predicted molar refractivity (Wildman–Crippen MR) is 108 cm³/mol. The molecule has 0 bridgehead atoms. The SMILES string of the molecule is CC1C[C@H](c2cccc(CO)c2)C[C@@H]2C(O)C[C@H](/C=N/OCCN(C)C)[C@@H]12. The monoisotopic (exact) mass is 374 g/mol. The maximum atomic E-state index is 10.7. The molecule has 6 atom stereocenters. The Balaban J connectivity index is 1.64. The molecule has 2 saturated carbocycles. The van der Waals surface area contributed by atoms with Crippen molar-refractivity contribution in [2.75, 3.05) is 27.2 Å². The molecule has 2 unspecified atom stereocenters. The number of fused-ring (bicyclic) bond motifs is 1. The summed E-state index contributed by atoms with van der Waals surface area (Å²) < 4.78 is 0. The molecule has 2 fully saturated rings. The van der Waals surface area contributed by atoms with Gasteiger partial charge in [-0.15, -0.1) is 0 Å². The Morgan fingerprint density at radius 2 is 2.07 bits per heavy atom. The molecule has 1 aromatic rings. The van der Waals surface area contributed by atoms with Crippen LogP contribution >= 0.6 is 0 Å². The first kappa shape index (κ1) is 20.3. The van der Waals surface area contributed by atoms with Gasteiger partial charge in [0.2, 0.25) is 0 Å². The van der Waals surface area contributed by atoms with Crippen molar-refractivity contribution in [3.63, 3.8) is 0 Å². The van der Waals surface area contributed by atoms with E-state index >= 15 is 0 Å². The van der Waals surface area contributed by atoms with Crippen LogP contribution in [0.25, 0.3) is 0 Å². The van der Waals surface area contributed by atoms with Crippen LogP contribution in [0.5, 0.6) is 0 Å². The molecule has 1 aromatic carbocycles. The highest BCUT2D eigenvalue weighted by molar-refractivity contribution is 5.61. The Bertz CT molecular complexity index is 634. The van der Waals surface area contributed by atoms with E-state index in [0.717, 1.165) is 31.4 Å². The normalized spacial score (nSPS) is 33.6. The number of hydrogen-bond donors (Lipinski definition) is 2. The number of rotatable bonds is 7. The van der Waals surface area contributed by atoms with Crippen LogP contribution in [-0.4, -0.2) is 54.7 Å². The Kier molecular flexibility index (Phi) is 6.90. The molecule has 2 aliphatic rings. The molecule has 0 amide bonds. The number of aliphatic hydroxyl groups excluding tert-OH is 2. The van der Waals surface area contributed by atoms with Crippen LogP contribution in [0.4, 0.5) is 0 Å². The highest BCUT2D eigenvalue weighted by Crippen LogP contribution is 2.52. The fourth-order valence-corrected chi connectivity index (χ4v) is 5.15. The first-order chi connectivity index (χ1) is 13.0. The fourth-order valence-electron chi connectivity index (χ4n) is 5.15. The van der Waals surface area contributed by atoms with Gasteiger partial charge in [0.15, 0.2) is 0 Å². The number of oxime groups is 1. The second-order valence-corrected chi connectivity index (χ2v) is 8.65.